The molecular weight excluding hydrogens is 452 g/mol. The van der Waals surface area contributed by atoms with E-state index in [0.29, 0.717) is 5.82 Å². The number of nitrogens with zero attached hydrogens (tertiary/aromatic N) is 6. The van der Waals surface area contributed by atoms with Crippen LogP contribution in [0.5, 0.6) is 0 Å². The van der Waals surface area contributed by atoms with E-state index in [1.165, 1.54) is 34.1 Å². The molecule has 9 nitrogen and oxygen atoms in total. The molecule has 1 aromatic carbocycles. The topological polar surface area (TPSA) is 107 Å². The predicted octanol–water partition coefficient (Wildman–Crippen LogP) is 3.94. The van der Waals surface area contributed by atoms with Crippen molar-refractivity contribution in [2.24, 2.45) is 4.36 Å². The minimum atomic E-state index is -2.45. The Morgan fingerprint density at radius 1 is 1.12 bits per heavy atom. The molecule has 0 fully saturated rings. The number of halogens is 2. The quantitative estimate of drug-likeness (QED) is 0.471. The van der Waals surface area contributed by atoms with Gasteiger partial charge >= 0.3 is 0 Å². The molecule has 4 aromatic rings. The van der Waals surface area contributed by atoms with Crippen LogP contribution in [0.15, 0.2) is 51.8 Å². The summed E-state index contributed by atoms with van der Waals surface area (Å²) < 4.78 is 46.5. The summed E-state index contributed by atoms with van der Waals surface area (Å²) in [6.45, 7) is 3.66. The molecule has 0 radical (unpaired) electrons. The van der Waals surface area contributed by atoms with Crippen molar-refractivity contribution in [1.29, 1.82) is 0 Å². The van der Waals surface area contributed by atoms with Gasteiger partial charge < -0.3 is 5.32 Å². The van der Waals surface area contributed by atoms with E-state index < -0.39 is 21.4 Å². The van der Waals surface area contributed by atoms with Crippen molar-refractivity contribution < 1.29 is 13.0 Å². The van der Waals surface area contributed by atoms with E-state index in [1.807, 2.05) is 13.8 Å². The molecule has 0 unspecified atom stereocenters. The Bertz CT molecular complexity index is 1540. The summed E-state index contributed by atoms with van der Waals surface area (Å²) in [6.07, 6.45) is 4.33. The lowest BCUT2D eigenvalue weighted by molar-refractivity contribution is 0.472. The van der Waals surface area contributed by atoms with E-state index in [1.54, 1.807) is 18.2 Å². The average molecular weight is 474 g/mol. The van der Waals surface area contributed by atoms with Crippen molar-refractivity contribution in [3.05, 3.63) is 64.6 Å². The van der Waals surface area contributed by atoms with E-state index in [4.69, 9.17) is 0 Å². The number of aromatic nitrogens is 5. The Hall–Kier alpha value is -3.67. The molecule has 0 saturated carbocycles. The van der Waals surface area contributed by atoms with Crippen molar-refractivity contribution in [1.82, 2.24) is 24.3 Å². The van der Waals surface area contributed by atoms with Gasteiger partial charge in [-0.3, -0.25) is 4.79 Å². The first kappa shape index (κ1) is 22.5. The first-order chi connectivity index (χ1) is 15.5. The van der Waals surface area contributed by atoms with E-state index in [9.17, 15) is 17.8 Å². The molecule has 0 aliphatic rings. The summed E-state index contributed by atoms with van der Waals surface area (Å²) in [4.78, 5) is 26.1. The number of hydrogen-bond donors (Lipinski definition) is 1. The van der Waals surface area contributed by atoms with E-state index in [0.717, 1.165) is 12.1 Å². The van der Waals surface area contributed by atoms with Gasteiger partial charge in [0.2, 0.25) is 5.95 Å². The summed E-state index contributed by atoms with van der Waals surface area (Å²) >= 11 is 0. The van der Waals surface area contributed by atoms with Crippen LogP contribution < -0.4 is 10.9 Å². The van der Waals surface area contributed by atoms with Crippen molar-refractivity contribution >= 4 is 38.2 Å². The third-order valence-corrected chi connectivity index (χ3v) is 5.17. The molecule has 0 saturated heterocycles. The molecule has 0 atom stereocenters. The number of fused-ring (bicyclic) bond motifs is 1. The Balaban J connectivity index is 1.92. The molecule has 0 spiro atoms. The van der Waals surface area contributed by atoms with Crippen LogP contribution in [-0.2, 0) is 9.73 Å². The molecule has 33 heavy (non-hydrogen) atoms. The highest BCUT2D eigenvalue weighted by Crippen LogP contribution is 2.23. The van der Waals surface area contributed by atoms with Crippen LogP contribution in [0.4, 0.5) is 26.2 Å². The van der Waals surface area contributed by atoms with Gasteiger partial charge in [0, 0.05) is 40.5 Å². The predicted molar refractivity (Wildman–Crippen MR) is 123 cm³/mol. The molecule has 3 heterocycles. The molecule has 4 rings (SSSR count). The Labute approximate surface area is 188 Å². The molecule has 0 amide bonds. The van der Waals surface area contributed by atoms with Crippen LogP contribution in [0.2, 0.25) is 0 Å². The van der Waals surface area contributed by atoms with Gasteiger partial charge in [-0.25, -0.2) is 32.3 Å². The van der Waals surface area contributed by atoms with Crippen LogP contribution in [-0.4, -0.2) is 41.0 Å². The van der Waals surface area contributed by atoms with Crippen LogP contribution in [0.1, 0.15) is 19.9 Å². The monoisotopic (exact) mass is 473 g/mol. The first-order valence-electron chi connectivity index (χ1n) is 9.90. The van der Waals surface area contributed by atoms with Gasteiger partial charge in [0.05, 0.1) is 5.69 Å². The molecule has 3 aromatic heterocycles. The summed E-state index contributed by atoms with van der Waals surface area (Å²) in [5.74, 6) is -0.939. The van der Waals surface area contributed by atoms with Crippen LogP contribution >= 0.6 is 0 Å². The number of anilines is 2. The molecule has 0 aliphatic carbocycles. The zero-order valence-electron chi connectivity index (χ0n) is 18.3. The van der Waals surface area contributed by atoms with Gasteiger partial charge in [-0.2, -0.15) is 9.35 Å². The second kappa shape index (κ2) is 8.35. The molecule has 12 heteroatoms. The van der Waals surface area contributed by atoms with E-state index in [-0.39, 0.29) is 40.1 Å². The summed E-state index contributed by atoms with van der Waals surface area (Å²) in [5.41, 5.74) is -0.127. The fourth-order valence-electron chi connectivity index (χ4n) is 3.26. The van der Waals surface area contributed by atoms with E-state index >= 15 is 0 Å². The standard InChI is InChI=1S/C21H21F2N7O2S/c1-12(2)29-20(31)14-11-24-21(25-16-9-8-13(22)10-15(16)23)27-19(14)30(29)18-7-5-6-17(26-18)28-33(3,4)32/h5-12H,1-4H3,(H,24,25,27). The maximum Gasteiger partial charge on any atom is 0.278 e. The lowest BCUT2D eigenvalue weighted by Gasteiger charge is -2.15. The zero-order valence-corrected chi connectivity index (χ0v) is 19.1. The molecule has 172 valence electrons. The maximum absolute atomic E-state index is 14.1. The van der Waals surface area contributed by atoms with Crippen LogP contribution in [0, 0.1) is 11.6 Å². The van der Waals surface area contributed by atoms with Gasteiger partial charge in [-0.1, -0.05) is 6.07 Å². The minimum absolute atomic E-state index is 0.00800. The fourth-order valence-corrected chi connectivity index (χ4v) is 3.82. The van der Waals surface area contributed by atoms with Crippen LogP contribution in [0.25, 0.3) is 16.9 Å². The second-order valence-electron chi connectivity index (χ2n) is 7.86. The maximum atomic E-state index is 14.1. The molecular formula is C21H21F2N7O2S. The van der Waals surface area contributed by atoms with Gasteiger partial charge in [-0.15, -0.1) is 0 Å². The lowest BCUT2D eigenvalue weighted by Crippen LogP contribution is -2.24. The first-order valence-corrected chi connectivity index (χ1v) is 12.2. The van der Waals surface area contributed by atoms with E-state index in [2.05, 4.69) is 24.6 Å². The summed E-state index contributed by atoms with van der Waals surface area (Å²) in [5, 5.41) is 2.93. The normalized spacial score (nSPS) is 11.8. The third kappa shape index (κ3) is 4.60. The van der Waals surface area contributed by atoms with Crippen molar-refractivity contribution in [3.8, 4) is 5.82 Å². The Kier molecular flexibility index (Phi) is 5.70. The van der Waals surface area contributed by atoms with Gasteiger partial charge in [0.25, 0.3) is 5.56 Å². The fraction of sp³-hybridized carbons (Fsp3) is 0.238. The minimum Gasteiger partial charge on any atom is -0.322 e. The Morgan fingerprint density at radius 3 is 2.55 bits per heavy atom. The largest absolute Gasteiger partial charge is 0.322 e. The SMILES string of the molecule is CC(C)n1c(=O)c2cnc(Nc3ccc(F)cc3F)nc2n1-c1cccc(N=S(C)(C)=O)n1. The highest BCUT2D eigenvalue weighted by molar-refractivity contribution is 7.92. The second-order valence-corrected chi connectivity index (χ2v) is 10.4. The lowest BCUT2D eigenvalue weighted by atomic mass is 10.3. The number of hydrogen-bond acceptors (Lipinski definition) is 7. The zero-order chi connectivity index (χ0) is 23.9. The van der Waals surface area contributed by atoms with Gasteiger partial charge in [0.15, 0.2) is 17.3 Å². The number of nitrogens with one attached hydrogen (secondary N) is 1. The van der Waals surface area contributed by atoms with Gasteiger partial charge in [-0.05, 0) is 38.1 Å². The highest BCUT2D eigenvalue weighted by atomic mass is 32.2. The highest BCUT2D eigenvalue weighted by Gasteiger charge is 2.20. The molecule has 0 bridgehead atoms. The van der Waals surface area contributed by atoms with Crippen molar-refractivity contribution in [2.75, 3.05) is 17.8 Å². The third-order valence-electron chi connectivity index (χ3n) is 4.54. The van der Waals surface area contributed by atoms with Crippen molar-refractivity contribution in [3.63, 3.8) is 0 Å². The number of pyridine rings is 1. The average Bonchev–Trinajstić information content (AvgIpc) is 3.01. The van der Waals surface area contributed by atoms with Crippen molar-refractivity contribution in [2.45, 2.75) is 19.9 Å². The molecule has 0 aliphatic heterocycles. The number of rotatable bonds is 5. The number of benzene rings is 1. The van der Waals surface area contributed by atoms with Gasteiger partial charge in [0.1, 0.15) is 17.0 Å². The van der Waals surface area contributed by atoms with Crippen LogP contribution in [0.3, 0.4) is 0 Å². The molecule has 1 N–H and O–H groups in total. The summed E-state index contributed by atoms with van der Waals surface area (Å²) in [6, 6.07) is 7.77. The Morgan fingerprint density at radius 2 is 1.88 bits per heavy atom. The smallest absolute Gasteiger partial charge is 0.278 e. The summed E-state index contributed by atoms with van der Waals surface area (Å²) in [7, 11) is -2.45.